The molecule has 0 aromatic carbocycles. The average Bonchev–Trinajstić information content (AvgIpc) is 2.82. The lowest BCUT2D eigenvalue weighted by molar-refractivity contribution is -0.185. The third-order valence-electron chi connectivity index (χ3n) is 4.24. The highest BCUT2D eigenvalue weighted by Gasteiger charge is 2.40. The van der Waals surface area contributed by atoms with Crippen LogP contribution in [0, 0.1) is 5.92 Å². The molecule has 2 fully saturated rings. The van der Waals surface area contributed by atoms with Crippen molar-refractivity contribution in [3.05, 3.63) is 0 Å². The van der Waals surface area contributed by atoms with Crippen LogP contribution in [0.2, 0.25) is 0 Å². The third kappa shape index (κ3) is 4.12. The van der Waals surface area contributed by atoms with Crippen molar-refractivity contribution in [3.63, 3.8) is 0 Å². The lowest BCUT2D eigenvalue weighted by atomic mass is 9.96. The zero-order valence-electron chi connectivity index (χ0n) is 10.8. The standard InChI is InChI=1S/C13H23F3N2/c14-13(15,16)11-5-9-18(10-6-11)8-2-4-12-3-1-7-17-12/h11-12,17H,1-10H2. The molecule has 0 aromatic rings. The molecule has 2 aliphatic rings. The lowest BCUT2D eigenvalue weighted by Crippen LogP contribution is -2.39. The van der Waals surface area contributed by atoms with Crippen LogP contribution in [0.3, 0.4) is 0 Å². The van der Waals surface area contributed by atoms with Gasteiger partial charge in [-0.25, -0.2) is 0 Å². The number of nitrogens with zero attached hydrogens (tertiary/aromatic N) is 1. The van der Waals surface area contributed by atoms with Crippen LogP contribution in [0.4, 0.5) is 13.2 Å². The molecule has 106 valence electrons. The molecular weight excluding hydrogens is 241 g/mol. The van der Waals surface area contributed by atoms with Crippen LogP contribution in [0.1, 0.15) is 38.5 Å². The minimum atomic E-state index is -3.99. The molecule has 0 aromatic heterocycles. The summed E-state index contributed by atoms with van der Waals surface area (Å²) in [5.41, 5.74) is 0. The fraction of sp³-hybridized carbons (Fsp3) is 1.00. The first-order chi connectivity index (χ1) is 8.55. The van der Waals surface area contributed by atoms with Crippen LogP contribution in [0.15, 0.2) is 0 Å². The molecule has 18 heavy (non-hydrogen) atoms. The van der Waals surface area contributed by atoms with Gasteiger partial charge in [-0.05, 0) is 64.7 Å². The zero-order valence-corrected chi connectivity index (χ0v) is 10.8. The molecule has 0 radical (unpaired) electrons. The average molecular weight is 264 g/mol. The second-order valence-electron chi connectivity index (χ2n) is 5.59. The van der Waals surface area contributed by atoms with Gasteiger partial charge in [-0.3, -0.25) is 0 Å². The molecule has 2 saturated heterocycles. The van der Waals surface area contributed by atoms with E-state index in [-0.39, 0.29) is 12.8 Å². The highest BCUT2D eigenvalue weighted by atomic mass is 19.4. The monoisotopic (exact) mass is 264 g/mol. The van der Waals surface area contributed by atoms with E-state index in [4.69, 9.17) is 0 Å². The first-order valence-corrected chi connectivity index (χ1v) is 7.08. The number of hydrogen-bond acceptors (Lipinski definition) is 2. The molecule has 2 rings (SSSR count). The summed E-state index contributed by atoms with van der Waals surface area (Å²) in [7, 11) is 0. The SMILES string of the molecule is FC(F)(F)C1CCN(CCCC2CCCN2)CC1. The van der Waals surface area contributed by atoms with Gasteiger partial charge in [0.1, 0.15) is 0 Å². The summed E-state index contributed by atoms with van der Waals surface area (Å²) < 4.78 is 37.5. The fourth-order valence-electron chi connectivity index (χ4n) is 3.05. The van der Waals surface area contributed by atoms with Gasteiger partial charge in [0.15, 0.2) is 0 Å². The summed E-state index contributed by atoms with van der Waals surface area (Å²) in [5.74, 6) is -1.06. The Labute approximate surface area is 107 Å². The number of halogens is 3. The number of rotatable bonds is 4. The first-order valence-electron chi connectivity index (χ1n) is 7.08. The molecule has 1 atom stereocenters. The maximum atomic E-state index is 12.5. The van der Waals surface area contributed by atoms with Crippen LogP contribution in [-0.4, -0.2) is 43.3 Å². The Bertz CT molecular complexity index is 241. The Kier molecular flexibility index (Phi) is 4.90. The molecule has 0 spiro atoms. The summed E-state index contributed by atoms with van der Waals surface area (Å²) >= 11 is 0. The van der Waals surface area contributed by atoms with Gasteiger partial charge in [0.25, 0.3) is 0 Å². The minimum absolute atomic E-state index is 0.283. The molecule has 2 aliphatic heterocycles. The Hall–Kier alpha value is -0.290. The van der Waals surface area contributed by atoms with Crippen molar-refractivity contribution in [1.82, 2.24) is 10.2 Å². The maximum Gasteiger partial charge on any atom is 0.391 e. The second-order valence-corrected chi connectivity index (χ2v) is 5.59. The predicted octanol–water partition coefficient (Wildman–Crippen LogP) is 2.79. The van der Waals surface area contributed by atoms with E-state index >= 15 is 0 Å². The number of hydrogen-bond donors (Lipinski definition) is 1. The molecule has 2 heterocycles. The van der Waals surface area contributed by atoms with Crippen molar-refractivity contribution < 1.29 is 13.2 Å². The summed E-state index contributed by atoms with van der Waals surface area (Å²) in [6.07, 6.45) is 1.38. The Morgan fingerprint density at radius 1 is 1.11 bits per heavy atom. The molecule has 2 nitrogen and oxygen atoms in total. The van der Waals surface area contributed by atoms with Crippen LogP contribution >= 0.6 is 0 Å². The van der Waals surface area contributed by atoms with E-state index in [2.05, 4.69) is 10.2 Å². The smallest absolute Gasteiger partial charge is 0.314 e. The van der Waals surface area contributed by atoms with Gasteiger partial charge >= 0.3 is 6.18 Å². The molecule has 0 bridgehead atoms. The van der Waals surface area contributed by atoms with E-state index in [1.54, 1.807) is 0 Å². The topological polar surface area (TPSA) is 15.3 Å². The van der Waals surface area contributed by atoms with Gasteiger partial charge in [-0.1, -0.05) is 0 Å². The third-order valence-corrected chi connectivity index (χ3v) is 4.24. The van der Waals surface area contributed by atoms with Crippen molar-refractivity contribution in [3.8, 4) is 0 Å². The van der Waals surface area contributed by atoms with Crippen molar-refractivity contribution in [2.45, 2.75) is 50.7 Å². The molecule has 0 aliphatic carbocycles. The summed E-state index contributed by atoms with van der Waals surface area (Å²) in [5, 5.41) is 3.45. The van der Waals surface area contributed by atoms with E-state index in [9.17, 15) is 13.2 Å². The molecule has 1 unspecified atom stereocenters. The Morgan fingerprint density at radius 3 is 2.39 bits per heavy atom. The van der Waals surface area contributed by atoms with E-state index in [0.717, 1.165) is 19.5 Å². The molecule has 0 amide bonds. The minimum Gasteiger partial charge on any atom is -0.314 e. The van der Waals surface area contributed by atoms with Gasteiger partial charge < -0.3 is 10.2 Å². The van der Waals surface area contributed by atoms with E-state index < -0.39 is 12.1 Å². The molecule has 5 heteroatoms. The summed E-state index contributed by atoms with van der Waals surface area (Å²) in [4.78, 5) is 2.19. The fourth-order valence-corrected chi connectivity index (χ4v) is 3.05. The second kappa shape index (κ2) is 6.24. The van der Waals surface area contributed by atoms with Gasteiger partial charge in [-0.15, -0.1) is 0 Å². The number of nitrogens with one attached hydrogen (secondary N) is 1. The molecular formula is C13H23F3N2. The van der Waals surface area contributed by atoms with Crippen LogP contribution in [0.5, 0.6) is 0 Å². The van der Waals surface area contributed by atoms with Gasteiger partial charge in [-0.2, -0.15) is 13.2 Å². The predicted molar refractivity (Wildman–Crippen MR) is 65.5 cm³/mol. The van der Waals surface area contributed by atoms with Crippen molar-refractivity contribution >= 4 is 0 Å². The largest absolute Gasteiger partial charge is 0.391 e. The van der Waals surface area contributed by atoms with E-state index in [1.807, 2.05) is 0 Å². The van der Waals surface area contributed by atoms with Crippen LogP contribution in [-0.2, 0) is 0 Å². The highest BCUT2D eigenvalue weighted by molar-refractivity contribution is 4.78. The highest BCUT2D eigenvalue weighted by Crippen LogP contribution is 2.34. The van der Waals surface area contributed by atoms with Crippen LogP contribution < -0.4 is 5.32 Å². The normalized spacial score (nSPS) is 27.8. The Balaban J connectivity index is 1.58. The van der Waals surface area contributed by atoms with E-state index in [0.29, 0.717) is 19.1 Å². The maximum absolute atomic E-state index is 12.5. The quantitative estimate of drug-likeness (QED) is 0.840. The number of piperidine rings is 1. The van der Waals surface area contributed by atoms with Crippen molar-refractivity contribution in [2.24, 2.45) is 5.92 Å². The van der Waals surface area contributed by atoms with Crippen molar-refractivity contribution in [2.75, 3.05) is 26.2 Å². The number of alkyl halides is 3. The zero-order chi connectivity index (χ0) is 13.0. The van der Waals surface area contributed by atoms with Gasteiger partial charge in [0.2, 0.25) is 0 Å². The molecule has 1 N–H and O–H groups in total. The molecule has 0 saturated carbocycles. The first kappa shape index (κ1) is 14.1. The van der Waals surface area contributed by atoms with Crippen LogP contribution in [0.25, 0.3) is 0 Å². The summed E-state index contributed by atoms with van der Waals surface area (Å²) in [6, 6.07) is 0.651. The number of likely N-dealkylation sites (tertiary alicyclic amines) is 1. The summed E-state index contributed by atoms with van der Waals surface area (Å²) in [6.45, 7) is 3.31. The van der Waals surface area contributed by atoms with Gasteiger partial charge in [0.05, 0.1) is 5.92 Å². The van der Waals surface area contributed by atoms with E-state index in [1.165, 1.54) is 19.3 Å². The van der Waals surface area contributed by atoms with Gasteiger partial charge in [0, 0.05) is 6.04 Å². The van der Waals surface area contributed by atoms with Crippen molar-refractivity contribution in [1.29, 1.82) is 0 Å². The Morgan fingerprint density at radius 2 is 1.83 bits per heavy atom. The lowest BCUT2D eigenvalue weighted by Gasteiger charge is -2.33.